The van der Waals surface area contributed by atoms with Crippen molar-refractivity contribution in [2.75, 3.05) is 26.0 Å². The van der Waals surface area contributed by atoms with E-state index < -0.39 is 28.1 Å². The number of aromatic nitrogens is 7. The predicted molar refractivity (Wildman–Crippen MR) is 132 cm³/mol. The average molecular weight is 530 g/mol. The zero-order chi connectivity index (χ0) is 26.5. The maximum atomic E-state index is 13.2. The third-order valence-corrected chi connectivity index (χ3v) is 6.51. The molecule has 2 atom stereocenters. The van der Waals surface area contributed by atoms with Gasteiger partial charge in [0.25, 0.3) is 0 Å². The Bertz CT molecular complexity index is 1400. The van der Waals surface area contributed by atoms with Crippen LogP contribution in [-0.2, 0) is 17.4 Å². The minimum absolute atomic E-state index is 0.109. The number of methoxy groups -OCH3 is 2. The van der Waals surface area contributed by atoms with Crippen LogP contribution in [-0.4, -0.2) is 71.3 Å². The Morgan fingerprint density at radius 2 is 1.81 bits per heavy atom. The van der Waals surface area contributed by atoms with Gasteiger partial charge in [-0.3, -0.25) is 9.29 Å². The largest absolute Gasteiger partial charge is 0.494 e. The molecule has 3 aromatic heterocycles. The van der Waals surface area contributed by atoms with E-state index in [1.165, 1.54) is 27.5 Å². The lowest BCUT2D eigenvalue weighted by Crippen LogP contribution is -2.24. The van der Waals surface area contributed by atoms with Crippen LogP contribution in [0, 0.1) is 5.82 Å². The van der Waals surface area contributed by atoms with Crippen LogP contribution in [0.4, 0.5) is 15.1 Å². The molecule has 2 N–H and O–H groups in total. The molecule has 3 heterocycles. The van der Waals surface area contributed by atoms with Gasteiger partial charge in [0.05, 0.1) is 31.9 Å². The topological polar surface area (TPSA) is 151 Å². The smallest absolute Gasteiger partial charge is 0.341 e. The highest BCUT2D eigenvalue weighted by atomic mass is 32.2. The summed E-state index contributed by atoms with van der Waals surface area (Å²) in [4.78, 5) is 19.9. The van der Waals surface area contributed by atoms with Crippen LogP contribution in [0.1, 0.15) is 12.7 Å². The molecule has 0 bridgehead atoms. The summed E-state index contributed by atoms with van der Waals surface area (Å²) in [7, 11) is 2.80. The Balaban J connectivity index is 1.75. The zero-order valence-electron chi connectivity index (χ0n) is 20.4. The summed E-state index contributed by atoms with van der Waals surface area (Å²) in [6.07, 6.45) is 3.80. The molecule has 0 aliphatic rings. The molecule has 1 aromatic carbocycles. The van der Waals surface area contributed by atoms with Crippen LogP contribution in [0.3, 0.4) is 0 Å². The van der Waals surface area contributed by atoms with Gasteiger partial charge in [0.1, 0.15) is 39.7 Å². The number of carbonyl (C=O) groups is 1. The SMILES string of the molecule is CNC(=O)n1ccc(-c2nnc(NS(=O)[C@@H](C)Cc3ncc(F)cn3)n2-c2c(OC)cccc2OC)n1. The molecule has 1 amide bonds. The highest BCUT2D eigenvalue weighted by Gasteiger charge is 2.26. The van der Waals surface area contributed by atoms with E-state index in [9.17, 15) is 13.4 Å². The van der Waals surface area contributed by atoms with E-state index in [4.69, 9.17) is 9.47 Å². The maximum absolute atomic E-state index is 13.2. The van der Waals surface area contributed by atoms with Crippen molar-refractivity contribution >= 4 is 23.0 Å². The molecule has 4 aromatic rings. The molecule has 0 aliphatic carbocycles. The Morgan fingerprint density at radius 3 is 2.43 bits per heavy atom. The standard InChI is InChI=1S/C22H24FN9O4S/c1-13(10-18-25-11-14(23)12-26-18)37(34)30-21-28-27-20(15-8-9-31(29-15)22(33)24-2)32(21)19-16(35-3)6-5-7-17(19)36-4/h5-9,11-13H,10H2,1-4H3,(H,24,33)(H,28,30)/t13-,37?/m0/s1. The van der Waals surface area contributed by atoms with E-state index in [2.05, 4.69) is 35.3 Å². The Morgan fingerprint density at radius 1 is 1.14 bits per heavy atom. The number of hydrogen-bond acceptors (Lipinski definition) is 9. The molecule has 0 fully saturated rings. The number of nitrogens with one attached hydrogen (secondary N) is 2. The van der Waals surface area contributed by atoms with Crippen molar-refractivity contribution in [3.05, 3.63) is 54.5 Å². The lowest BCUT2D eigenvalue weighted by atomic mass is 10.2. The first-order valence-corrected chi connectivity index (χ1v) is 12.2. The van der Waals surface area contributed by atoms with Crippen molar-refractivity contribution in [1.82, 2.24) is 39.8 Å². The molecule has 0 aliphatic heterocycles. The summed E-state index contributed by atoms with van der Waals surface area (Å²) >= 11 is 0. The van der Waals surface area contributed by atoms with E-state index >= 15 is 0 Å². The average Bonchev–Trinajstić information content (AvgIpc) is 3.56. The fourth-order valence-corrected chi connectivity index (χ4v) is 4.23. The maximum Gasteiger partial charge on any atom is 0.341 e. The second-order valence-corrected chi connectivity index (χ2v) is 9.23. The summed E-state index contributed by atoms with van der Waals surface area (Å²) < 4.78 is 43.0. The van der Waals surface area contributed by atoms with Gasteiger partial charge in [-0.1, -0.05) is 6.07 Å². The number of para-hydroxylation sites is 1. The molecule has 15 heteroatoms. The van der Waals surface area contributed by atoms with Crippen LogP contribution in [0.5, 0.6) is 11.5 Å². The molecule has 37 heavy (non-hydrogen) atoms. The monoisotopic (exact) mass is 529 g/mol. The molecule has 13 nitrogen and oxygen atoms in total. The first-order chi connectivity index (χ1) is 17.9. The molecular weight excluding hydrogens is 505 g/mol. The van der Waals surface area contributed by atoms with Crippen molar-refractivity contribution < 1.29 is 22.9 Å². The third kappa shape index (κ3) is 5.40. The molecule has 0 spiro atoms. The van der Waals surface area contributed by atoms with Crippen molar-refractivity contribution in [3.63, 3.8) is 0 Å². The van der Waals surface area contributed by atoms with E-state index in [-0.39, 0.29) is 18.2 Å². The lowest BCUT2D eigenvalue weighted by molar-refractivity contribution is 0.241. The second kappa shape index (κ2) is 11.1. The highest BCUT2D eigenvalue weighted by Crippen LogP contribution is 2.37. The van der Waals surface area contributed by atoms with E-state index in [1.807, 2.05) is 0 Å². The molecule has 0 saturated carbocycles. The van der Waals surface area contributed by atoms with Gasteiger partial charge in [-0.15, -0.1) is 10.2 Å². The van der Waals surface area contributed by atoms with Gasteiger partial charge >= 0.3 is 6.03 Å². The number of rotatable bonds is 9. The lowest BCUT2D eigenvalue weighted by Gasteiger charge is -2.18. The zero-order valence-corrected chi connectivity index (χ0v) is 21.2. The van der Waals surface area contributed by atoms with Crippen LogP contribution in [0.15, 0.2) is 42.9 Å². The molecule has 0 saturated heterocycles. The van der Waals surface area contributed by atoms with Crippen LogP contribution < -0.4 is 19.5 Å². The first-order valence-electron chi connectivity index (χ1n) is 10.9. The number of hydrogen-bond donors (Lipinski definition) is 2. The highest BCUT2D eigenvalue weighted by molar-refractivity contribution is 7.86. The van der Waals surface area contributed by atoms with Crippen molar-refractivity contribution in [3.8, 4) is 28.7 Å². The fraction of sp³-hybridized carbons (Fsp3) is 0.273. The number of carbonyl (C=O) groups excluding carboxylic acids is 1. The van der Waals surface area contributed by atoms with E-state index in [1.54, 1.807) is 35.8 Å². The third-order valence-electron chi connectivity index (χ3n) is 5.23. The number of benzene rings is 1. The summed E-state index contributed by atoms with van der Waals surface area (Å²) in [5, 5.41) is 14.7. The normalized spacial score (nSPS) is 12.6. The number of halogens is 1. The summed E-state index contributed by atoms with van der Waals surface area (Å²) in [6, 6.07) is 6.34. The van der Waals surface area contributed by atoms with E-state index in [0.29, 0.717) is 28.7 Å². The minimum Gasteiger partial charge on any atom is -0.494 e. The molecule has 1 unspecified atom stereocenters. The van der Waals surface area contributed by atoms with Gasteiger partial charge in [-0.05, 0) is 25.1 Å². The van der Waals surface area contributed by atoms with Gasteiger partial charge in [-0.2, -0.15) is 9.78 Å². The summed E-state index contributed by atoms with van der Waals surface area (Å²) in [5.74, 6) is 0.982. The molecule has 4 rings (SSSR count). The van der Waals surface area contributed by atoms with Gasteiger partial charge in [0, 0.05) is 19.7 Å². The van der Waals surface area contributed by atoms with Crippen LogP contribution in [0.2, 0.25) is 0 Å². The molecule has 194 valence electrons. The van der Waals surface area contributed by atoms with Gasteiger partial charge in [0.15, 0.2) is 11.6 Å². The van der Waals surface area contributed by atoms with Gasteiger partial charge in [0.2, 0.25) is 5.95 Å². The van der Waals surface area contributed by atoms with Crippen LogP contribution >= 0.6 is 0 Å². The second-order valence-electron chi connectivity index (χ2n) is 7.63. The number of anilines is 1. The Kier molecular flexibility index (Phi) is 7.71. The van der Waals surface area contributed by atoms with E-state index in [0.717, 1.165) is 17.1 Å². The fourth-order valence-electron chi connectivity index (χ4n) is 3.42. The van der Waals surface area contributed by atoms with Gasteiger partial charge < -0.3 is 14.8 Å². The summed E-state index contributed by atoms with van der Waals surface area (Å²) in [6.45, 7) is 1.73. The summed E-state index contributed by atoms with van der Waals surface area (Å²) in [5.41, 5.74) is 0.742. The first kappa shape index (κ1) is 25.7. The quantitative estimate of drug-likeness (QED) is 0.332. The number of ether oxygens (including phenoxy) is 2. The molecular formula is C22H24FN9O4S. The molecule has 0 radical (unpaired) electrons. The van der Waals surface area contributed by atoms with Crippen LogP contribution in [0.25, 0.3) is 17.2 Å². The number of amides is 1. The number of nitrogens with zero attached hydrogens (tertiary/aromatic N) is 7. The van der Waals surface area contributed by atoms with Crippen molar-refractivity contribution in [1.29, 1.82) is 0 Å². The Labute approximate surface area is 213 Å². The van der Waals surface area contributed by atoms with Crippen molar-refractivity contribution in [2.45, 2.75) is 18.6 Å². The Hall–Kier alpha value is -4.40. The minimum atomic E-state index is -1.69. The predicted octanol–water partition coefficient (Wildman–Crippen LogP) is 1.97. The van der Waals surface area contributed by atoms with Crippen molar-refractivity contribution in [2.24, 2.45) is 0 Å². The van der Waals surface area contributed by atoms with Gasteiger partial charge in [-0.25, -0.2) is 23.4 Å².